The highest BCUT2D eigenvalue weighted by Gasteiger charge is 2.24. The highest BCUT2D eigenvalue weighted by atomic mass is 32.2. The minimum absolute atomic E-state index is 0.0129. The number of aromatic amines is 1. The molecule has 34 heavy (non-hydrogen) atoms. The van der Waals surface area contributed by atoms with Crippen LogP contribution in [0.25, 0.3) is 10.9 Å². The largest absolute Gasteiger partial charge is 0.379 e. The first-order valence-electron chi connectivity index (χ1n) is 11.2. The van der Waals surface area contributed by atoms with E-state index in [0.29, 0.717) is 37.5 Å². The highest BCUT2D eigenvalue weighted by Crippen LogP contribution is 2.24. The van der Waals surface area contributed by atoms with Gasteiger partial charge in [-0.15, -0.1) is 0 Å². The second kappa shape index (κ2) is 10.4. The third-order valence-corrected chi connectivity index (χ3v) is 7.73. The van der Waals surface area contributed by atoms with Gasteiger partial charge in [0, 0.05) is 49.8 Å². The van der Waals surface area contributed by atoms with E-state index in [0.717, 1.165) is 13.1 Å². The normalized spacial score (nSPS) is 14.7. The number of carbonyl (C=O) groups excluding carboxylic acids is 1. The second-order valence-electron chi connectivity index (χ2n) is 7.95. The number of hydrogen-bond acceptors (Lipinski definition) is 6. The number of rotatable bonds is 8. The summed E-state index contributed by atoms with van der Waals surface area (Å²) in [6, 6.07) is 13.1. The van der Waals surface area contributed by atoms with Crippen LogP contribution in [0.1, 0.15) is 17.3 Å². The van der Waals surface area contributed by atoms with Gasteiger partial charge in [-0.05, 0) is 37.3 Å². The van der Waals surface area contributed by atoms with Gasteiger partial charge in [0.25, 0.3) is 15.9 Å². The molecule has 1 aromatic heterocycles. The number of H-pyrrole nitrogens is 1. The summed E-state index contributed by atoms with van der Waals surface area (Å²) in [5.74, 6) is -0.496. The van der Waals surface area contributed by atoms with Crippen molar-refractivity contribution in [3.8, 4) is 0 Å². The van der Waals surface area contributed by atoms with Crippen LogP contribution >= 0.6 is 0 Å². The van der Waals surface area contributed by atoms with Crippen molar-refractivity contribution in [3.63, 3.8) is 0 Å². The smallest absolute Gasteiger partial charge is 0.264 e. The van der Waals surface area contributed by atoms with Crippen LogP contribution < -0.4 is 15.1 Å². The van der Waals surface area contributed by atoms with Gasteiger partial charge in [-0.1, -0.05) is 18.2 Å². The number of pyridine rings is 1. The lowest BCUT2D eigenvalue weighted by Gasteiger charge is -2.26. The van der Waals surface area contributed by atoms with Crippen molar-refractivity contribution < 1.29 is 17.9 Å². The summed E-state index contributed by atoms with van der Waals surface area (Å²) < 4.78 is 33.3. The van der Waals surface area contributed by atoms with Crippen LogP contribution in [0.4, 0.5) is 5.69 Å². The Balaban J connectivity index is 1.58. The van der Waals surface area contributed by atoms with E-state index in [2.05, 4.69) is 15.2 Å². The molecule has 1 aliphatic rings. The lowest BCUT2D eigenvalue weighted by atomic mass is 10.1. The zero-order valence-electron chi connectivity index (χ0n) is 19.0. The van der Waals surface area contributed by atoms with E-state index in [1.807, 2.05) is 6.07 Å². The summed E-state index contributed by atoms with van der Waals surface area (Å²) in [6.07, 6.45) is 1.37. The minimum Gasteiger partial charge on any atom is -0.379 e. The molecule has 0 atom stereocenters. The zero-order valence-corrected chi connectivity index (χ0v) is 19.8. The van der Waals surface area contributed by atoms with E-state index in [9.17, 15) is 18.0 Å². The number of sulfonamides is 1. The zero-order chi connectivity index (χ0) is 24.1. The average molecular weight is 485 g/mol. The summed E-state index contributed by atoms with van der Waals surface area (Å²) in [6.45, 7) is 5.99. The van der Waals surface area contributed by atoms with E-state index in [1.165, 1.54) is 22.6 Å². The third-order valence-electron chi connectivity index (χ3n) is 5.83. The molecule has 0 bridgehead atoms. The molecule has 1 aliphatic heterocycles. The van der Waals surface area contributed by atoms with Crippen molar-refractivity contribution >= 4 is 32.5 Å². The van der Waals surface area contributed by atoms with Gasteiger partial charge in [0.1, 0.15) is 5.56 Å². The molecule has 0 saturated carbocycles. The van der Waals surface area contributed by atoms with Crippen molar-refractivity contribution in [1.82, 2.24) is 15.2 Å². The summed E-state index contributed by atoms with van der Waals surface area (Å²) in [5.41, 5.74) is 0.417. The molecule has 4 rings (SSSR count). The molecule has 1 amide bonds. The lowest BCUT2D eigenvalue weighted by Crippen LogP contribution is -2.41. The van der Waals surface area contributed by atoms with E-state index >= 15 is 0 Å². The fourth-order valence-electron chi connectivity index (χ4n) is 3.99. The van der Waals surface area contributed by atoms with Gasteiger partial charge in [0.15, 0.2) is 0 Å². The highest BCUT2D eigenvalue weighted by molar-refractivity contribution is 7.92. The Kier molecular flexibility index (Phi) is 7.30. The number of benzene rings is 2. The van der Waals surface area contributed by atoms with Crippen LogP contribution in [-0.4, -0.2) is 70.1 Å². The number of anilines is 1. The molecule has 0 aliphatic carbocycles. The molecule has 0 unspecified atom stereocenters. The molecule has 1 saturated heterocycles. The number of nitrogens with zero attached hydrogens (tertiary/aromatic N) is 2. The predicted octanol–water partition coefficient (Wildman–Crippen LogP) is 1.81. The van der Waals surface area contributed by atoms with E-state index in [-0.39, 0.29) is 22.4 Å². The molecule has 2 aromatic carbocycles. The molecule has 3 aromatic rings. The van der Waals surface area contributed by atoms with E-state index < -0.39 is 21.4 Å². The molecule has 1 fully saturated rings. The molecular weight excluding hydrogens is 456 g/mol. The van der Waals surface area contributed by atoms with Crippen LogP contribution in [0, 0.1) is 0 Å². The van der Waals surface area contributed by atoms with Crippen molar-refractivity contribution in [2.45, 2.75) is 11.8 Å². The number of fused-ring (bicyclic) bond motifs is 1. The lowest BCUT2D eigenvalue weighted by molar-refractivity contribution is 0.0383. The molecule has 10 heteroatoms. The van der Waals surface area contributed by atoms with Gasteiger partial charge in [-0.3, -0.25) is 18.8 Å². The number of nitrogens with one attached hydrogen (secondary N) is 2. The molecular formula is C24H28N4O5S. The number of amides is 1. The first-order chi connectivity index (χ1) is 16.4. The summed E-state index contributed by atoms with van der Waals surface area (Å²) in [7, 11) is -3.91. The van der Waals surface area contributed by atoms with Crippen molar-refractivity contribution in [1.29, 1.82) is 0 Å². The fourth-order valence-corrected chi connectivity index (χ4v) is 5.49. The molecule has 180 valence electrons. The SMILES string of the molecule is CCN(c1ccccc1)S(=O)(=O)c1ccc2[nH]cc(C(=O)NCCN3CCOCC3)c(=O)c2c1. The van der Waals surface area contributed by atoms with Gasteiger partial charge in [0.05, 0.1) is 23.8 Å². The van der Waals surface area contributed by atoms with E-state index in [1.54, 1.807) is 37.3 Å². The first-order valence-corrected chi connectivity index (χ1v) is 12.7. The summed E-state index contributed by atoms with van der Waals surface area (Å²) in [4.78, 5) is 30.9. The Morgan fingerprint density at radius 3 is 2.59 bits per heavy atom. The third kappa shape index (κ3) is 4.98. The summed E-state index contributed by atoms with van der Waals surface area (Å²) >= 11 is 0. The van der Waals surface area contributed by atoms with Crippen molar-refractivity contribution in [2.24, 2.45) is 0 Å². The van der Waals surface area contributed by atoms with Gasteiger partial charge < -0.3 is 15.0 Å². The number of hydrogen-bond donors (Lipinski definition) is 2. The number of para-hydroxylation sites is 1. The monoisotopic (exact) mass is 484 g/mol. The number of carbonyl (C=O) groups is 1. The van der Waals surface area contributed by atoms with Crippen molar-refractivity contribution in [3.05, 3.63) is 70.5 Å². The van der Waals surface area contributed by atoms with Crippen LogP contribution in [0.2, 0.25) is 0 Å². The molecule has 0 radical (unpaired) electrons. The Bertz CT molecular complexity index is 1320. The average Bonchev–Trinajstić information content (AvgIpc) is 2.85. The summed E-state index contributed by atoms with van der Waals surface area (Å²) in [5, 5.41) is 2.92. The maximum atomic E-state index is 13.4. The first kappa shape index (κ1) is 23.9. The molecule has 2 heterocycles. The number of morpholine rings is 1. The Morgan fingerprint density at radius 1 is 1.15 bits per heavy atom. The standard InChI is InChI=1S/C24H28N4O5S/c1-2-28(18-6-4-3-5-7-18)34(31,32)19-8-9-22-20(16-19)23(29)21(17-26-22)24(30)25-10-11-27-12-14-33-15-13-27/h3-9,16-17H,2,10-15H2,1H3,(H,25,30)(H,26,29). The minimum atomic E-state index is -3.91. The van der Waals surface area contributed by atoms with Gasteiger partial charge in [-0.2, -0.15) is 0 Å². The van der Waals surface area contributed by atoms with E-state index in [4.69, 9.17) is 4.74 Å². The predicted molar refractivity (Wildman–Crippen MR) is 131 cm³/mol. The Hall–Kier alpha value is -3.21. The van der Waals surface area contributed by atoms with Crippen LogP contribution in [0.15, 0.2) is 64.4 Å². The quantitative estimate of drug-likeness (QED) is 0.504. The maximum Gasteiger partial charge on any atom is 0.264 e. The van der Waals surface area contributed by atoms with Crippen LogP contribution in [0.5, 0.6) is 0 Å². The van der Waals surface area contributed by atoms with Crippen LogP contribution in [0.3, 0.4) is 0 Å². The molecule has 9 nitrogen and oxygen atoms in total. The fraction of sp³-hybridized carbons (Fsp3) is 0.333. The molecule has 0 spiro atoms. The van der Waals surface area contributed by atoms with Gasteiger partial charge in [0.2, 0.25) is 5.43 Å². The topological polar surface area (TPSA) is 112 Å². The number of ether oxygens (including phenoxy) is 1. The Morgan fingerprint density at radius 2 is 1.88 bits per heavy atom. The molecule has 2 N–H and O–H groups in total. The van der Waals surface area contributed by atoms with Crippen molar-refractivity contribution in [2.75, 3.05) is 50.2 Å². The van der Waals surface area contributed by atoms with Gasteiger partial charge >= 0.3 is 0 Å². The van der Waals surface area contributed by atoms with Crippen LogP contribution in [-0.2, 0) is 14.8 Å². The second-order valence-corrected chi connectivity index (χ2v) is 9.82. The van der Waals surface area contributed by atoms with Gasteiger partial charge in [-0.25, -0.2) is 8.42 Å². The Labute approximate surface area is 198 Å². The maximum absolute atomic E-state index is 13.4. The number of aromatic nitrogens is 1.